The molecule has 2 rings (SSSR count). The molecule has 1 fully saturated rings. The normalized spacial score (nSPS) is 19.3. The molecule has 0 bridgehead atoms. The smallest absolute Gasteiger partial charge is 0.212 e. The van der Waals surface area contributed by atoms with Crippen LogP contribution in [0.25, 0.3) is 0 Å². The first-order valence-corrected chi connectivity index (χ1v) is 11.3. The van der Waals surface area contributed by atoms with Crippen LogP contribution in [-0.4, -0.2) is 57.4 Å². The molecular weight excluding hydrogens is 348 g/mol. The van der Waals surface area contributed by atoms with E-state index >= 15 is 0 Å². The molecule has 1 aromatic carbocycles. The second-order valence-electron chi connectivity index (χ2n) is 6.08. The third kappa shape index (κ3) is 3.99. The topological polar surface area (TPSA) is 74.8 Å². The lowest BCUT2D eigenvalue weighted by molar-refractivity contribution is 0.273. The number of nitrogens with zero attached hydrogens (tertiary/aromatic N) is 2. The van der Waals surface area contributed by atoms with Crippen LogP contribution in [0.4, 0.5) is 0 Å². The summed E-state index contributed by atoms with van der Waals surface area (Å²) < 4.78 is 51.9. The lowest BCUT2D eigenvalue weighted by atomic mass is 9.99. The van der Waals surface area contributed by atoms with E-state index in [1.807, 2.05) is 12.1 Å². The molecule has 8 heteroatoms. The Kier molecular flexibility index (Phi) is 6.06. The maximum atomic E-state index is 12.7. The molecule has 0 saturated carbocycles. The van der Waals surface area contributed by atoms with E-state index < -0.39 is 20.0 Å². The molecule has 1 heterocycles. The zero-order valence-corrected chi connectivity index (χ0v) is 16.1. The fraction of sp³-hybridized carbons (Fsp3) is 0.625. The van der Waals surface area contributed by atoms with Crippen molar-refractivity contribution < 1.29 is 16.8 Å². The Morgan fingerprint density at radius 2 is 1.42 bits per heavy atom. The van der Waals surface area contributed by atoms with E-state index in [4.69, 9.17) is 0 Å². The van der Waals surface area contributed by atoms with Gasteiger partial charge in [0.05, 0.1) is 10.6 Å². The largest absolute Gasteiger partial charge is 0.243 e. The standard InChI is InChI=1S/C16H26N2O4S2/c1-4-14(3)15-6-8-16(9-7-15)24(21,22)18-12-10-17(11-13-18)23(19,20)5-2/h6-9,14H,4-5,10-13H2,1-3H3. The highest BCUT2D eigenvalue weighted by Crippen LogP contribution is 2.23. The van der Waals surface area contributed by atoms with E-state index in [0.717, 1.165) is 12.0 Å². The molecule has 0 aliphatic carbocycles. The molecule has 1 saturated heterocycles. The maximum Gasteiger partial charge on any atom is 0.243 e. The van der Waals surface area contributed by atoms with E-state index in [2.05, 4.69) is 13.8 Å². The highest BCUT2D eigenvalue weighted by atomic mass is 32.2. The van der Waals surface area contributed by atoms with Gasteiger partial charge in [-0.15, -0.1) is 0 Å². The van der Waals surface area contributed by atoms with Crippen molar-refractivity contribution in [2.24, 2.45) is 0 Å². The lowest BCUT2D eigenvalue weighted by Crippen LogP contribution is -2.50. The Morgan fingerprint density at radius 3 is 1.88 bits per heavy atom. The van der Waals surface area contributed by atoms with Crippen molar-refractivity contribution in [3.05, 3.63) is 29.8 Å². The number of hydrogen-bond acceptors (Lipinski definition) is 4. The van der Waals surface area contributed by atoms with Gasteiger partial charge in [-0.1, -0.05) is 26.0 Å². The monoisotopic (exact) mass is 374 g/mol. The number of rotatable bonds is 6. The average Bonchev–Trinajstić information content (AvgIpc) is 2.61. The molecule has 1 atom stereocenters. The summed E-state index contributed by atoms with van der Waals surface area (Å²) in [6, 6.07) is 7.01. The fourth-order valence-corrected chi connectivity index (χ4v) is 5.23. The summed E-state index contributed by atoms with van der Waals surface area (Å²) >= 11 is 0. The molecule has 0 radical (unpaired) electrons. The van der Waals surface area contributed by atoms with Crippen molar-refractivity contribution >= 4 is 20.0 Å². The minimum Gasteiger partial charge on any atom is -0.212 e. The summed E-state index contributed by atoms with van der Waals surface area (Å²) in [6.07, 6.45) is 1.000. The van der Waals surface area contributed by atoms with Crippen LogP contribution in [0.5, 0.6) is 0 Å². The van der Waals surface area contributed by atoms with Crippen LogP contribution in [0.15, 0.2) is 29.2 Å². The van der Waals surface area contributed by atoms with Gasteiger partial charge in [-0.25, -0.2) is 16.8 Å². The van der Waals surface area contributed by atoms with Gasteiger partial charge in [-0.2, -0.15) is 8.61 Å². The molecule has 0 aromatic heterocycles. The molecule has 1 unspecified atom stereocenters. The third-order valence-electron chi connectivity index (χ3n) is 4.66. The molecular formula is C16H26N2O4S2. The lowest BCUT2D eigenvalue weighted by Gasteiger charge is -2.33. The van der Waals surface area contributed by atoms with Gasteiger partial charge in [-0.3, -0.25) is 0 Å². The van der Waals surface area contributed by atoms with E-state index in [1.165, 1.54) is 8.61 Å². The van der Waals surface area contributed by atoms with Gasteiger partial charge < -0.3 is 0 Å². The van der Waals surface area contributed by atoms with Crippen molar-refractivity contribution in [3.8, 4) is 0 Å². The van der Waals surface area contributed by atoms with Gasteiger partial charge in [-0.05, 0) is 37.0 Å². The first-order valence-electron chi connectivity index (χ1n) is 8.30. The first kappa shape index (κ1) is 19.4. The van der Waals surface area contributed by atoms with E-state index in [0.29, 0.717) is 5.92 Å². The predicted octanol–water partition coefficient (Wildman–Crippen LogP) is 1.86. The molecule has 0 amide bonds. The van der Waals surface area contributed by atoms with Crippen molar-refractivity contribution in [1.82, 2.24) is 8.61 Å². The second-order valence-corrected chi connectivity index (χ2v) is 10.3. The first-order chi connectivity index (χ1) is 11.2. The van der Waals surface area contributed by atoms with Crippen molar-refractivity contribution in [2.45, 2.75) is 38.0 Å². The molecule has 0 N–H and O–H groups in total. The minimum absolute atomic E-state index is 0.0385. The van der Waals surface area contributed by atoms with Gasteiger partial charge in [0.2, 0.25) is 20.0 Å². The summed E-state index contributed by atoms with van der Waals surface area (Å²) in [5.41, 5.74) is 1.12. The van der Waals surface area contributed by atoms with Crippen molar-refractivity contribution in [2.75, 3.05) is 31.9 Å². The van der Waals surface area contributed by atoms with Crippen LogP contribution < -0.4 is 0 Å². The number of hydrogen-bond donors (Lipinski definition) is 0. The van der Waals surface area contributed by atoms with E-state index in [9.17, 15) is 16.8 Å². The molecule has 1 aliphatic rings. The van der Waals surface area contributed by atoms with Crippen LogP contribution in [-0.2, 0) is 20.0 Å². The van der Waals surface area contributed by atoms with Crippen molar-refractivity contribution in [3.63, 3.8) is 0 Å². The average molecular weight is 375 g/mol. The summed E-state index contributed by atoms with van der Waals surface area (Å²) in [5, 5.41) is 0. The minimum atomic E-state index is -3.58. The number of sulfonamides is 2. The van der Waals surface area contributed by atoms with Gasteiger partial charge in [0.15, 0.2) is 0 Å². The third-order valence-corrected chi connectivity index (χ3v) is 8.45. The maximum absolute atomic E-state index is 12.7. The molecule has 1 aromatic rings. The Morgan fingerprint density at radius 1 is 0.917 bits per heavy atom. The molecule has 136 valence electrons. The van der Waals surface area contributed by atoms with Gasteiger partial charge >= 0.3 is 0 Å². The SMILES string of the molecule is CCC(C)c1ccc(S(=O)(=O)N2CCN(S(=O)(=O)CC)CC2)cc1. The van der Waals surface area contributed by atoms with Crippen molar-refractivity contribution in [1.29, 1.82) is 0 Å². The van der Waals surface area contributed by atoms with Gasteiger partial charge in [0.25, 0.3) is 0 Å². The Bertz CT molecular complexity index is 750. The van der Waals surface area contributed by atoms with E-state index in [1.54, 1.807) is 19.1 Å². The Balaban J connectivity index is 2.12. The van der Waals surface area contributed by atoms with Gasteiger partial charge in [0, 0.05) is 26.2 Å². The fourth-order valence-electron chi connectivity index (χ4n) is 2.72. The van der Waals surface area contributed by atoms with Crippen LogP contribution in [0, 0.1) is 0 Å². The highest BCUT2D eigenvalue weighted by Gasteiger charge is 2.32. The summed E-state index contributed by atoms with van der Waals surface area (Å²) in [6.45, 7) is 6.59. The molecule has 6 nitrogen and oxygen atoms in total. The quantitative estimate of drug-likeness (QED) is 0.762. The van der Waals surface area contributed by atoms with Crippen LogP contribution in [0.2, 0.25) is 0 Å². The second kappa shape index (κ2) is 7.51. The van der Waals surface area contributed by atoms with Gasteiger partial charge in [0.1, 0.15) is 0 Å². The predicted molar refractivity (Wildman–Crippen MR) is 94.9 cm³/mol. The number of piperazine rings is 1. The Labute approximate surface area is 145 Å². The highest BCUT2D eigenvalue weighted by molar-refractivity contribution is 7.89. The Hall–Kier alpha value is -0.960. The molecule has 1 aliphatic heterocycles. The molecule has 0 spiro atoms. The van der Waals surface area contributed by atoms with Crippen LogP contribution in [0.1, 0.15) is 38.7 Å². The summed E-state index contributed by atoms with van der Waals surface area (Å²) in [7, 11) is -6.84. The zero-order valence-electron chi connectivity index (χ0n) is 14.5. The zero-order chi connectivity index (χ0) is 18.0. The summed E-state index contributed by atoms with van der Waals surface area (Å²) in [4.78, 5) is 0.265. The summed E-state index contributed by atoms with van der Waals surface area (Å²) in [5.74, 6) is 0.432. The van der Waals surface area contributed by atoms with Crippen LogP contribution in [0.3, 0.4) is 0 Å². The molecule has 24 heavy (non-hydrogen) atoms. The van der Waals surface area contributed by atoms with Crippen LogP contribution >= 0.6 is 0 Å². The number of benzene rings is 1. The van der Waals surface area contributed by atoms with E-state index in [-0.39, 0.29) is 36.8 Å².